The van der Waals surface area contributed by atoms with Crippen molar-refractivity contribution in [3.05, 3.63) is 71.1 Å². The van der Waals surface area contributed by atoms with Gasteiger partial charge in [-0.3, -0.25) is 10.4 Å². The van der Waals surface area contributed by atoms with Crippen LogP contribution in [0.3, 0.4) is 0 Å². The number of nitrogens with one attached hydrogen (secondary N) is 1. The van der Waals surface area contributed by atoms with Crippen molar-refractivity contribution in [2.45, 2.75) is 6.92 Å². The Balaban J connectivity index is 1.92. The first-order chi connectivity index (χ1) is 10.6. The van der Waals surface area contributed by atoms with Gasteiger partial charge in [0.1, 0.15) is 5.82 Å². The Hall–Kier alpha value is -2.46. The number of hydrogen-bond acceptors (Lipinski definition) is 3. The summed E-state index contributed by atoms with van der Waals surface area (Å²) in [6.45, 7) is 1.82. The molecule has 110 valence electrons. The topological polar surface area (TPSA) is 37.3 Å². The van der Waals surface area contributed by atoms with Crippen molar-refractivity contribution in [3.63, 3.8) is 0 Å². The summed E-state index contributed by atoms with van der Waals surface area (Å²) in [4.78, 5) is 4.28. The maximum absolute atomic E-state index is 13.2. The molecule has 0 amide bonds. The Morgan fingerprint density at radius 2 is 2.05 bits per heavy atom. The van der Waals surface area contributed by atoms with Gasteiger partial charge in [0, 0.05) is 22.2 Å². The molecule has 0 aliphatic rings. The third-order valence-electron chi connectivity index (χ3n) is 3.29. The summed E-state index contributed by atoms with van der Waals surface area (Å²) >= 11 is 5.97. The van der Waals surface area contributed by atoms with Crippen LogP contribution in [0.5, 0.6) is 0 Å². The first-order valence-corrected chi connectivity index (χ1v) is 7.12. The second-order valence-electron chi connectivity index (χ2n) is 4.84. The molecule has 22 heavy (non-hydrogen) atoms. The minimum absolute atomic E-state index is 0.281. The van der Waals surface area contributed by atoms with Crippen molar-refractivity contribution < 1.29 is 4.39 Å². The van der Waals surface area contributed by atoms with Crippen LogP contribution >= 0.6 is 11.6 Å². The Labute approximate surface area is 132 Å². The number of halogens is 2. The lowest BCUT2D eigenvalue weighted by Crippen LogP contribution is -2.00. The minimum atomic E-state index is -0.281. The van der Waals surface area contributed by atoms with Crippen LogP contribution in [-0.4, -0.2) is 10.7 Å². The molecule has 3 aromatic rings. The fraction of sp³-hybridized carbons (Fsp3) is 0.0588. The van der Waals surface area contributed by atoms with Gasteiger partial charge in [-0.25, -0.2) is 4.39 Å². The molecule has 3 rings (SSSR count). The predicted octanol–water partition coefficient (Wildman–Crippen LogP) is 4.86. The predicted molar refractivity (Wildman–Crippen MR) is 89.0 cm³/mol. The molecule has 0 fully saturated rings. The maximum atomic E-state index is 13.2. The molecule has 3 nitrogen and oxygen atoms in total. The van der Waals surface area contributed by atoms with Crippen LogP contribution in [0.2, 0.25) is 5.02 Å². The molecule has 0 radical (unpaired) electrons. The molecule has 1 heterocycles. The number of hydrogen-bond donors (Lipinski definition) is 1. The molecule has 2 aromatic carbocycles. The summed E-state index contributed by atoms with van der Waals surface area (Å²) in [6.07, 6.45) is 1.69. The van der Waals surface area contributed by atoms with Crippen LogP contribution in [0.4, 0.5) is 10.1 Å². The standard InChI is InChI=1S/C17H13ClFN3/c1-11(12-3-2-4-14(19)9-12)21-22-16-7-8-20-17-10-13(18)5-6-15(16)17/h2-10H,1H3,(H,20,22)/b21-11+. The molecule has 1 N–H and O–H groups in total. The van der Waals surface area contributed by atoms with Crippen molar-refractivity contribution >= 4 is 33.9 Å². The Bertz CT molecular complexity index is 861. The smallest absolute Gasteiger partial charge is 0.123 e. The summed E-state index contributed by atoms with van der Waals surface area (Å²) in [7, 11) is 0. The molecule has 0 atom stereocenters. The second-order valence-corrected chi connectivity index (χ2v) is 5.28. The number of nitrogens with zero attached hydrogens (tertiary/aromatic N) is 2. The Kier molecular flexibility index (Phi) is 4.02. The van der Waals surface area contributed by atoms with Gasteiger partial charge in [0.2, 0.25) is 0 Å². The van der Waals surface area contributed by atoms with Crippen molar-refractivity contribution in [1.82, 2.24) is 4.98 Å². The molecule has 0 spiro atoms. The van der Waals surface area contributed by atoms with Gasteiger partial charge in [0.25, 0.3) is 0 Å². The molecular formula is C17H13ClFN3. The summed E-state index contributed by atoms with van der Waals surface area (Å²) < 4.78 is 13.2. The summed E-state index contributed by atoms with van der Waals surface area (Å²) in [5.41, 5.74) is 6.04. The van der Waals surface area contributed by atoms with E-state index >= 15 is 0 Å². The summed E-state index contributed by atoms with van der Waals surface area (Å²) in [5.74, 6) is -0.281. The SMILES string of the molecule is C/C(=N\Nc1ccnc2cc(Cl)ccc12)c1cccc(F)c1. The summed E-state index contributed by atoms with van der Waals surface area (Å²) in [6, 6.07) is 13.7. The van der Waals surface area contributed by atoms with Gasteiger partial charge in [-0.2, -0.15) is 5.10 Å². The van der Waals surface area contributed by atoms with Gasteiger partial charge in [0.15, 0.2) is 0 Å². The van der Waals surface area contributed by atoms with Gasteiger partial charge < -0.3 is 0 Å². The maximum Gasteiger partial charge on any atom is 0.123 e. The quantitative estimate of drug-likeness (QED) is 0.553. The lowest BCUT2D eigenvalue weighted by atomic mass is 10.1. The highest BCUT2D eigenvalue weighted by Gasteiger charge is 2.03. The highest BCUT2D eigenvalue weighted by Crippen LogP contribution is 2.24. The van der Waals surface area contributed by atoms with Crippen molar-refractivity contribution in [1.29, 1.82) is 0 Å². The zero-order valence-corrected chi connectivity index (χ0v) is 12.6. The average Bonchev–Trinajstić information content (AvgIpc) is 2.52. The fourth-order valence-corrected chi connectivity index (χ4v) is 2.31. The van der Waals surface area contributed by atoms with Gasteiger partial charge >= 0.3 is 0 Å². The normalized spacial score (nSPS) is 11.7. The Morgan fingerprint density at radius 1 is 1.18 bits per heavy atom. The molecule has 1 aromatic heterocycles. The van der Waals surface area contributed by atoms with E-state index in [1.807, 2.05) is 25.1 Å². The van der Waals surface area contributed by atoms with Gasteiger partial charge in [-0.15, -0.1) is 0 Å². The largest absolute Gasteiger partial charge is 0.277 e. The molecule has 0 bridgehead atoms. The highest BCUT2D eigenvalue weighted by molar-refractivity contribution is 6.31. The van der Waals surface area contributed by atoms with Gasteiger partial charge in [-0.05, 0) is 43.3 Å². The molecule has 5 heteroatoms. The molecule has 0 unspecified atom stereocenters. The molecule has 0 saturated heterocycles. The average molecular weight is 314 g/mol. The third-order valence-corrected chi connectivity index (χ3v) is 3.53. The number of aromatic nitrogens is 1. The van der Waals surface area contributed by atoms with Crippen molar-refractivity contribution in [2.24, 2.45) is 5.10 Å². The highest BCUT2D eigenvalue weighted by atomic mass is 35.5. The number of rotatable bonds is 3. The molecule has 0 saturated carbocycles. The van der Waals surface area contributed by atoms with Crippen LogP contribution in [0, 0.1) is 5.82 Å². The number of benzene rings is 2. The van der Waals surface area contributed by atoms with Crippen LogP contribution in [0.15, 0.2) is 59.8 Å². The van der Waals surface area contributed by atoms with E-state index in [9.17, 15) is 4.39 Å². The fourth-order valence-electron chi connectivity index (χ4n) is 2.14. The number of fused-ring (bicyclic) bond motifs is 1. The van der Waals surface area contributed by atoms with E-state index in [2.05, 4.69) is 15.5 Å². The van der Waals surface area contributed by atoms with Gasteiger partial charge in [0.05, 0.1) is 16.9 Å². The lowest BCUT2D eigenvalue weighted by molar-refractivity contribution is 0.627. The molecule has 0 aliphatic heterocycles. The van der Waals surface area contributed by atoms with Crippen LogP contribution < -0.4 is 5.43 Å². The third kappa shape index (κ3) is 3.07. The van der Waals surface area contributed by atoms with Crippen LogP contribution in [0.25, 0.3) is 10.9 Å². The first-order valence-electron chi connectivity index (χ1n) is 6.74. The minimum Gasteiger partial charge on any atom is -0.277 e. The number of pyridine rings is 1. The monoisotopic (exact) mass is 313 g/mol. The molecule has 0 aliphatic carbocycles. The van der Waals surface area contributed by atoms with E-state index in [0.29, 0.717) is 10.7 Å². The zero-order valence-electron chi connectivity index (χ0n) is 11.8. The van der Waals surface area contributed by atoms with Crippen molar-refractivity contribution in [3.8, 4) is 0 Å². The van der Waals surface area contributed by atoms with E-state index < -0.39 is 0 Å². The first kappa shape index (κ1) is 14.5. The number of hydrazone groups is 1. The summed E-state index contributed by atoms with van der Waals surface area (Å²) in [5, 5.41) is 5.87. The Morgan fingerprint density at radius 3 is 2.86 bits per heavy atom. The van der Waals surface area contributed by atoms with E-state index in [1.165, 1.54) is 12.1 Å². The van der Waals surface area contributed by atoms with E-state index in [4.69, 9.17) is 11.6 Å². The van der Waals surface area contributed by atoms with Crippen LogP contribution in [0.1, 0.15) is 12.5 Å². The van der Waals surface area contributed by atoms with E-state index in [-0.39, 0.29) is 5.82 Å². The molecular weight excluding hydrogens is 301 g/mol. The van der Waals surface area contributed by atoms with E-state index in [0.717, 1.165) is 22.2 Å². The van der Waals surface area contributed by atoms with Crippen LogP contribution in [-0.2, 0) is 0 Å². The second kappa shape index (κ2) is 6.12. The zero-order chi connectivity index (χ0) is 15.5. The lowest BCUT2D eigenvalue weighted by Gasteiger charge is -2.07. The van der Waals surface area contributed by atoms with Gasteiger partial charge in [-0.1, -0.05) is 23.7 Å². The number of anilines is 1. The van der Waals surface area contributed by atoms with E-state index in [1.54, 1.807) is 24.4 Å². The van der Waals surface area contributed by atoms with Crippen molar-refractivity contribution in [2.75, 3.05) is 5.43 Å².